The minimum atomic E-state index is -0.475. The van der Waals surface area contributed by atoms with Crippen LogP contribution in [0, 0.1) is 0 Å². The molecule has 5 rings (SSSR count). The Bertz CT molecular complexity index is 1010. The lowest BCUT2D eigenvalue weighted by Crippen LogP contribution is -2.43. The number of benzene rings is 1. The Labute approximate surface area is 183 Å². The first-order chi connectivity index (χ1) is 15.1. The summed E-state index contributed by atoms with van der Waals surface area (Å²) < 4.78 is 12.0. The van der Waals surface area contributed by atoms with Crippen LogP contribution in [0.5, 0.6) is 11.5 Å². The number of aromatic nitrogens is 2. The van der Waals surface area contributed by atoms with E-state index in [0.717, 1.165) is 55.9 Å². The Kier molecular flexibility index (Phi) is 5.01. The molecule has 1 N–H and O–H groups in total. The second-order valence-electron chi connectivity index (χ2n) is 8.50. The van der Waals surface area contributed by atoms with Gasteiger partial charge in [0.2, 0.25) is 5.95 Å². The maximum absolute atomic E-state index is 10.3. The number of nitrogens with zero attached hydrogens (tertiary/aromatic N) is 4. The molecule has 0 radical (unpaired) electrons. The summed E-state index contributed by atoms with van der Waals surface area (Å²) in [5.74, 6) is 3.30. The maximum atomic E-state index is 10.3. The van der Waals surface area contributed by atoms with Crippen molar-refractivity contribution in [2.45, 2.75) is 50.9 Å². The van der Waals surface area contributed by atoms with Crippen molar-refractivity contribution in [2.24, 2.45) is 0 Å². The third-order valence-corrected chi connectivity index (χ3v) is 6.95. The number of hydrogen-bond donors (Lipinski definition) is 1. The van der Waals surface area contributed by atoms with E-state index in [4.69, 9.17) is 14.5 Å². The number of aliphatic hydroxyl groups excluding tert-OH is 1. The van der Waals surface area contributed by atoms with Crippen molar-refractivity contribution in [3.8, 4) is 11.5 Å². The molecular weight excluding hydrogens is 392 g/mol. The van der Waals surface area contributed by atoms with Gasteiger partial charge in [-0.05, 0) is 38.0 Å². The smallest absolute Gasteiger partial charge is 0.227 e. The molecule has 3 aliphatic rings. The van der Waals surface area contributed by atoms with E-state index in [1.54, 1.807) is 7.11 Å². The van der Waals surface area contributed by atoms with E-state index in [2.05, 4.69) is 40.8 Å². The van der Waals surface area contributed by atoms with Crippen LogP contribution in [-0.2, 0) is 12.0 Å². The van der Waals surface area contributed by atoms with Gasteiger partial charge in [-0.2, -0.15) is 4.98 Å². The van der Waals surface area contributed by atoms with Gasteiger partial charge in [-0.25, -0.2) is 4.98 Å². The van der Waals surface area contributed by atoms with Crippen molar-refractivity contribution in [3.05, 3.63) is 47.7 Å². The van der Waals surface area contributed by atoms with Gasteiger partial charge in [-0.15, -0.1) is 0 Å². The molecule has 3 unspecified atom stereocenters. The lowest BCUT2D eigenvalue weighted by Gasteiger charge is -2.36. The molecule has 0 fully saturated rings. The molecule has 0 saturated carbocycles. The molecule has 0 saturated heterocycles. The summed E-state index contributed by atoms with van der Waals surface area (Å²) in [7, 11) is 1.68. The predicted octanol–water partition coefficient (Wildman–Crippen LogP) is 3.06. The second kappa shape index (κ2) is 7.71. The van der Waals surface area contributed by atoms with Crippen LogP contribution < -0.4 is 19.3 Å². The highest BCUT2D eigenvalue weighted by molar-refractivity contribution is 5.62. The van der Waals surface area contributed by atoms with Gasteiger partial charge in [0.15, 0.2) is 11.5 Å². The quantitative estimate of drug-likeness (QED) is 0.743. The largest absolute Gasteiger partial charge is 0.493 e. The summed E-state index contributed by atoms with van der Waals surface area (Å²) in [6.45, 7) is 7.58. The molecule has 164 valence electrons. The number of anilines is 2. The number of methoxy groups -OCH3 is 1. The highest BCUT2D eigenvalue weighted by Crippen LogP contribution is 2.55. The van der Waals surface area contributed by atoms with Crippen molar-refractivity contribution >= 4 is 11.8 Å². The zero-order chi connectivity index (χ0) is 21.6. The van der Waals surface area contributed by atoms with Gasteiger partial charge in [0.25, 0.3) is 0 Å². The Morgan fingerprint density at radius 1 is 1.29 bits per heavy atom. The molecule has 0 amide bonds. The predicted molar refractivity (Wildman–Crippen MR) is 120 cm³/mol. The SMILES string of the molecule is CCN(CC)c1nccc(N2CCC34C=CC(O)CC3Oc3c(OC)ccc(c34)C2)n1. The molecule has 0 bridgehead atoms. The molecule has 2 aliphatic heterocycles. The van der Waals surface area contributed by atoms with Gasteiger partial charge in [-0.3, -0.25) is 0 Å². The van der Waals surface area contributed by atoms with Crippen LogP contribution in [0.2, 0.25) is 0 Å². The van der Waals surface area contributed by atoms with Crippen molar-refractivity contribution in [1.29, 1.82) is 0 Å². The Hall–Kier alpha value is -2.80. The lowest BCUT2D eigenvalue weighted by molar-refractivity contribution is 0.0856. The average Bonchev–Trinajstić information content (AvgIpc) is 3.02. The van der Waals surface area contributed by atoms with Gasteiger partial charge in [0.05, 0.1) is 18.6 Å². The molecule has 1 aromatic heterocycles. The fraction of sp³-hybridized carbons (Fsp3) is 0.500. The Morgan fingerprint density at radius 3 is 2.90 bits per heavy atom. The number of rotatable bonds is 5. The summed E-state index contributed by atoms with van der Waals surface area (Å²) in [5.41, 5.74) is 2.18. The standard InChI is InChI=1S/C24H30N4O3/c1-4-27(5-2)23-25-12-9-20(26-23)28-13-11-24-10-8-17(29)14-19(24)31-22-18(30-3)7-6-16(15-28)21(22)24/h6-10,12,17,19,29H,4-5,11,13-15H2,1-3H3. The molecule has 3 heterocycles. The summed E-state index contributed by atoms with van der Waals surface area (Å²) in [5, 5.41) is 10.3. The van der Waals surface area contributed by atoms with Crippen LogP contribution in [0.4, 0.5) is 11.8 Å². The van der Waals surface area contributed by atoms with Gasteiger partial charge in [0, 0.05) is 44.4 Å². The van der Waals surface area contributed by atoms with Crippen LogP contribution in [0.25, 0.3) is 0 Å². The van der Waals surface area contributed by atoms with E-state index in [-0.39, 0.29) is 11.5 Å². The molecule has 31 heavy (non-hydrogen) atoms. The minimum Gasteiger partial charge on any atom is -0.493 e. The zero-order valence-corrected chi connectivity index (χ0v) is 18.4. The van der Waals surface area contributed by atoms with Crippen LogP contribution >= 0.6 is 0 Å². The third kappa shape index (κ3) is 3.14. The van der Waals surface area contributed by atoms with E-state index in [9.17, 15) is 5.11 Å². The molecule has 3 atom stereocenters. The summed E-state index contributed by atoms with van der Waals surface area (Å²) in [4.78, 5) is 13.9. The van der Waals surface area contributed by atoms with Crippen molar-refractivity contribution < 1.29 is 14.6 Å². The van der Waals surface area contributed by atoms with Gasteiger partial charge >= 0.3 is 0 Å². The average molecular weight is 423 g/mol. The molecule has 7 heteroatoms. The molecular formula is C24H30N4O3. The first kappa shape index (κ1) is 20.1. The molecule has 1 aromatic carbocycles. The monoisotopic (exact) mass is 422 g/mol. The van der Waals surface area contributed by atoms with Crippen LogP contribution in [0.15, 0.2) is 36.5 Å². The summed E-state index contributed by atoms with van der Waals surface area (Å²) >= 11 is 0. The fourth-order valence-electron chi connectivity index (χ4n) is 5.31. The number of aliphatic hydroxyl groups is 1. The minimum absolute atomic E-state index is 0.0888. The first-order valence-corrected chi connectivity index (χ1v) is 11.2. The summed E-state index contributed by atoms with van der Waals surface area (Å²) in [6, 6.07) is 6.13. The number of ether oxygens (including phenoxy) is 2. The van der Waals surface area contributed by atoms with Gasteiger partial charge in [-0.1, -0.05) is 18.2 Å². The second-order valence-corrected chi connectivity index (χ2v) is 8.50. The third-order valence-electron chi connectivity index (χ3n) is 6.95. The zero-order valence-electron chi connectivity index (χ0n) is 18.4. The highest BCUT2D eigenvalue weighted by Gasteiger charge is 2.52. The van der Waals surface area contributed by atoms with Crippen molar-refractivity contribution in [1.82, 2.24) is 9.97 Å². The number of hydrogen-bond acceptors (Lipinski definition) is 7. The summed E-state index contributed by atoms with van der Waals surface area (Å²) in [6.07, 6.45) is 6.87. The molecule has 7 nitrogen and oxygen atoms in total. The van der Waals surface area contributed by atoms with Crippen LogP contribution in [0.3, 0.4) is 0 Å². The van der Waals surface area contributed by atoms with E-state index in [1.807, 2.05) is 24.4 Å². The molecule has 1 spiro atoms. The molecule has 1 aliphatic carbocycles. The van der Waals surface area contributed by atoms with E-state index in [0.29, 0.717) is 6.42 Å². The van der Waals surface area contributed by atoms with Crippen LogP contribution in [-0.4, -0.2) is 54.0 Å². The molecule has 2 aromatic rings. The van der Waals surface area contributed by atoms with Crippen molar-refractivity contribution in [3.63, 3.8) is 0 Å². The first-order valence-electron chi connectivity index (χ1n) is 11.2. The van der Waals surface area contributed by atoms with E-state index < -0.39 is 6.10 Å². The lowest BCUT2D eigenvalue weighted by atomic mass is 9.69. The topological polar surface area (TPSA) is 71.0 Å². The van der Waals surface area contributed by atoms with Crippen LogP contribution in [0.1, 0.15) is 37.8 Å². The highest BCUT2D eigenvalue weighted by atomic mass is 16.5. The van der Waals surface area contributed by atoms with Crippen molar-refractivity contribution in [2.75, 3.05) is 36.5 Å². The van der Waals surface area contributed by atoms with Gasteiger partial charge in [0.1, 0.15) is 11.9 Å². The van der Waals surface area contributed by atoms with E-state index >= 15 is 0 Å². The Balaban J connectivity index is 1.57. The maximum Gasteiger partial charge on any atom is 0.227 e. The normalized spacial score (nSPS) is 26.0. The van der Waals surface area contributed by atoms with E-state index in [1.165, 1.54) is 11.1 Å². The fourth-order valence-corrected chi connectivity index (χ4v) is 5.31. The Morgan fingerprint density at radius 2 is 2.13 bits per heavy atom. The van der Waals surface area contributed by atoms with Gasteiger partial charge < -0.3 is 24.4 Å².